The molecule has 2 rings (SSSR count). The van der Waals surface area contributed by atoms with E-state index in [4.69, 9.17) is 28.9 Å². The minimum atomic E-state index is -0.166. The van der Waals surface area contributed by atoms with Crippen LogP contribution in [0.2, 0.25) is 10.0 Å². The Morgan fingerprint density at radius 2 is 1.94 bits per heavy atom. The first-order valence-corrected chi connectivity index (χ1v) is 6.58. The molecule has 0 spiro atoms. The van der Waals surface area contributed by atoms with E-state index in [1.165, 1.54) is 0 Å². The van der Waals surface area contributed by atoms with Crippen LogP contribution in [-0.2, 0) is 13.0 Å². The van der Waals surface area contributed by atoms with E-state index in [-0.39, 0.29) is 6.04 Å². The maximum Gasteiger partial charge on any atom is 0.0834 e. The zero-order valence-electron chi connectivity index (χ0n) is 10.1. The molecule has 3 nitrogen and oxygen atoms in total. The van der Waals surface area contributed by atoms with Crippen molar-refractivity contribution in [3.05, 3.63) is 51.8 Å². The van der Waals surface area contributed by atoms with Gasteiger partial charge in [0.15, 0.2) is 0 Å². The van der Waals surface area contributed by atoms with Crippen LogP contribution in [0.5, 0.6) is 0 Å². The molecule has 0 radical (unpaired) electrons. The lowest BCUT2D eigenvalue weighted by Crippen LogP contribution is -2.18. The monoisotopic (exact) mass is 283 g/mol. The molecular formula is C13H15Cl2N3. The highest BCUT2D eigenvalue weighted by atomic mass is 35.5. The van der Waals surface area contributed by atoms with Crippen LogP contribution < -0.4 is 5.73 Å². The zero-order chi connectivity index (χ0) is 13.1. The summed E-state index contributed by atoms with van der Waals surface area (Å²) in [5, 5.41) is 5.54. The molecule has 18 heavy (non-hydrogen) atoms. The van der Waals surface area contributed by atoms with E-state index in [1.54, 1.807) is 6.20 Å². The molecule has 0 fully saturated rings. The molecule has 2 aromatic rings. The van der Waals surface area contributed by atoms with Gasteiger partial charge in [0.25, 0.3) is 0 Å². The normalized spacial score (nSPS) is 12.7. The van der Waals surface area contributed by atoms with Gasteiger partial charge >= 0.3 is 0 Å². The van der Waals surface area contributed by atoms with Gasteiger partial charge in [-0.1, -0.05) is 35.3 Å². The SMILES string of the molecule is CCn1ncc(Cl)c1C(N)Cc1ccc(Cl)cc1. The molecule has 1 aromatic carbocycles. The zero-order valence-corrected chi connectivity index (χ0v) is 11.6. The summed E-state index contributed by atoms with van der Waals surface area (Å²) in [6.45, 7) is 2.78. The van der Waals surface area contributed by atoms with Gasteiger partial charge in [0.1, 0.15) is 0 Å². The lowest BCUT2D eigenvalue weighted by molar-refractivity contribution is 0.569. The van der Waals surface area contributed by atoms with Crippen molar-refractivity contribution in [3.8, 4) is 0 Å². The summed E-state index contributed by atoms with van der Waals surface area (Å²) in [5.41, 5.74) is 8.22. The van der Waals surface area contributed by atoms with E-state index >= 15 is 0 Å². The summed E-state index contributed by atoms with van der Waals surface area (Å²) < 4.78 is 1.84. The summed E-state index contributed by atoms with van der Waals surface area (Å²) in [4.78, 5) is 0. The smallest absolute Gasteiger partial charge is 0.0834 e. The van der Waals surface area contributed by atoms with Gasteiger partial charge in [-0.15, -0.1) is 0 Å². The summed E-state index contributed by atoms with van der Waals surface area (Å²) in [6, 6.07) is 7.51. The second-order valence-corrected chi connectivity index (χ2v) is 4.97. The van der Waals surface area contributed by atoms with Crippen LogP contribution in [0.15, 0.2) is 30.5 Å². The molecule has 0 aliphatic rings. The number of hydrogen-bond acceptors (Lipinski definition) is 2. The molecule has 2 N–H and O–H groups in total. The quantitative estimate of drug-likeness (QED) is 0.934. The van der Waals surface area contributed by atoms with Crippen molar-refractivity contribution in [2.45, 2.75) is 25.9 Å². The number of rotatable bonds is 4. The molecule has 96 valence electrons. The predicted octanol–water partition coefficient (Wildman–Crippen LogP) is 3.45. The fourth-order valence-electron chi connectivity index (χ4n) is 1.96. The lowest BCUT2D eigenvalue weighted by atomic mass is 10.0. The molecule has 1 unspecified atom stereocenters. The second-order valence-electron chi connectivity index (χ2n) is 4.13. The number of aryl methyl sites for hydroxylation is 1. The van der Waals surface area contributed by atoms with Crippen LogP contribution in [-0.4, -0.2) is 9.78 Å². The van der Waals surface area contributed by atoms with Crippen molar-refractivity contribution in [3.63, 3.8) is 0 Å². The number of nitrogens with zero attached hydrogens (tertiary/aromatic N) is 2. The maximum absolute atomic E-state index is 6.21. The average molecular weight is 284 g/mol. The highest BCUT2D eigenvalue weighted by molar-refractivity contribution is 6.31. The fraction of sp³-hybridized carbons (Fsp3) is 0.308. The summed E-state index contributed by atoms with van der Waals surface area (Å²) in [7, 11) is 0. The van der Waals surface area contributed by atoms with Gasteiger partial charge < -0.3 is 5.73 Å². The summed E-state index contributed by atoms with van der Waals surface area (Å²) in [5.74, 6) is 0. The topological polar surface area (TPSA) is 43.8 Å². The third-order valence-corrected chi connectivity index (χ3v) is 3.40. The fourth-order valence-corrected chi connectivity index (χ4v) is 2.37. The highest BCUT2D eigenvalue weighted by Crippen LogP contribution is 2.24. The molecular weight excluding hydrogens is 269 g/mol. The van der Waals surface area contributed by atoms with Gasteiger partial charge in [0, 0.05) is 11.6 Å². The van der Waals surface area contributed by atoms with Gasteiger partial charge in [0.2, 0.25) is 0 Å². The predicted molar refractivity (Wildman–Crippen MR) is 75.0 cm³/mol. The van der Waals surface area contributed by atoms with E-state index < -0.39 is 0 Å². The Kier molecular flexibility index (Phi) is 4.27. The molecule has 1 heterocycles. The van der Waals surface area contributed by atoms with Crippen molar-refractivity contribution in [2.24, 2.45) is 5.73 Å². The molecule has 5 heteroatoms. The van der Waals surface area contributed by atoms with E-state index in [1.807, 2.05) is 35.9 Å². The van der Waals surface area contributed by atoms with E-state index in [2.05, 4.69) is 5.10 Å². The maximum atomic E-state index is 6.21. The highest BCUT2D eigenvalue weighted by Gasteiger charge is 2.16. The van der Waals surface area contributed by atoms with E-state index in [9.17, 15) is 0 Å². The standard InChI is InChI=1S/C13H15Cl2N3/c1-2-18-13(11(15)8-17-18)12(16)7-9-3-5-10(14)6-4-9/h3-6,8,12H,2,7,16H2,1H3. The molecule has 0 saturated heterocycles. The first-order valence-electron chi connectivity index (χ1n) is 5.83. The number of nitrogens with two attached hydrogens (primary N) is 1. The Morgan fingerprint density at radius 3 is 2.56 bits per heavy atom. The second kappa shape index (κ2) is 5.74. The van der Waals surface area contributed by atoms with Crippen molar-refractivity contribution in [1.29, 1.82) is 0 Å². The van der Waals surface area contributed by atoms with Crippen LogP contribution in [0.3, 0.4) is 0 Å². The van der Waals surface area contributed by atoms with Gasteiger partial charge in [-0.25, -0.2) is 0 Å². The van der Waals surface area contributed by atoms with Crippen LogP contribution in [0.1, 0.15) is 24.2 Å². The molecule has 1 aromatic heterocycles. The first kappa shape index (κ1) is 13.4. The Bertz CT molecular complexity index is 520. The number of aromatic nitrogens is 2. The Hall–Kier alpha value is -1.03. The largest absolute Gasteiger partial charge is 0.322 e. The molecule has 0 aliphatic carbocycles. The molecule has 0 aliphatic heterocycles. The first-order chi connectivity index (χ1) is 8.61. The van der Waals surface area contributed by atoms with Crippen LogP contribution in [0, 0.1) is 0 Å². The summed E-state index contributed by atoms with van der Waals surface area (Å²) in [6.07, 6.45) is 2.35. The van der Waals surface area contributed by atoms with Crippen molar-refractivity contribution in [2.75, 3.05) is 0 Å². The third kappa shape index (κ3) is 2.86. The van der Waals surface area contributed by atoms with Crippen LogP contribution >= 0.6 is 23.2 Å². The third-order valence-electron chi connectivity index (χ3n) is 2.85. The van der Waals surface area contributed by atoms with E-state index in [0.717, 1.165) is 22.8 Å². The minimum absolute atomic E-state index is 0.166. The average Bonchev–Trinajstić information content (AvgIpc) is 2.73. The van der Waals surface area contributed by atoms with Crippen LogP contribution in [0.4, 0.5) is 0 Å². The molecule has 0 amide bonds. The Labute approximate surface area is 117 Å². The lowest BCUT2D eigenvalue weighted by Gasteiger charge is -2.14. The van der Waals surface area contributed by atoms with Gasteiger partial charge in [-0.2, -0.15) is 5.10 Å². The van der Waals surface area contributed by atoms with Gasteiger partial charge in [-0.3, -0.25) is 4.68 Å². The number of benzene rings is 1. The Balaban J connectivity index is 2.18. The minimum Gasteiger partial charge on any atom is -0.322 e. The number of hydrogen-bond donors (Lipinski definition) is 1. The van der Waals surface area contributed by atoms with Gasteiger partial charge in [0.05, 0.1) is 23.0 Å². The number of halogens is 2. The van der Waals surface area contributed by atoms with Gasteiger partial charge in [-0.05, 0) is 31.0 Å². The summed E-state index contributed by atoms with van der Waals surface area (Å²) >= 11 is 12.0. The Morgan fingerprint density at radius 1 is 1.28 bits per heavy atom. The van der Waals surface area contributed by atoms with Crippen molar-refractivity contribution < 1.29 is 0 Å². The molecule has 0 saturated carbocycles. The van der Waals surface area contributed by atoms with Crippen LogP contribution in [0.25, 0.3) is 0 Å². The van der Waals surface area contributed by atoms with Crippen molar-refractivity contribution in [1.82, 2.24) is 9.78 Å². The van der Waals surface area contributed by atoms with E-state index in [0.29, 0.717) is 11.4 Å². The van der Waals surface area contributed by atoms with Crippen molar-refractivity contribution >= 4 is 23.2 Å². The molecule has 0 bridgehead atoms. The molecule has 1 atom stereocenters.